The number of rotatable bonds is 9. The number of nitrogens with zero attached hydrogens (tertiary/aromatic N) is 3. The number of Topliss-reactive ketones (excluding diaryl/α,β-unsaturated/α-hetero) is 1. The molecule has 40 heavy (non-hydrogen) atoms. The summed E-state index contributed by atoms with van der Waals surface area (Å²) in [5, 5.41) is 4.29. The molecule has 0 radical (unpaired) electrons. The molecule has 0 aliphatic carbocycles. The van der Waals surface area contributed by atoms with Crippen LogP contribution in [-0.4, -0.2) is 41.0 Å². The number of nitrogens with one attached hydrogen (secondary N) is 1. The van der Waals surface area contributed by atoms with Gasteiger partial charge in [0.25, 0.3) is 0 Å². The van der Waals surface area contributed by atoms with Crippen LogP contribution < -0.4 is 10.2 Å². The van der Waals surface area contributed by atoms with Gasteiger partial charge in [0.05, 0.1) is 44.6 Å². The van der Waals surface area contributed by atoms with Crippen LogP contribution in [0.2, 0.25) is 10.0 Å². The monoisotopic (exact) mass is 586 g/mol. The second-order valence-corrected chi connectivity index (χ2v) is 12.4. The Labute approximate surface area is 247 Å². The number of ether oxygens (including phenoxy) is 1. The Kier molecular flexibility index (Phi) is 9.36. The zero-order valence-electron chi connectivity index (χ0n) is 24.4. The highest BCUT2D eigenvalue weighted by Gasteiger charge is 2.26. The average Bonchev–Trinajstić information content (AvgIpc) is 3.25. The first-order valence-electron chi connectivity index (χ1n) is 14.2. The molecule has 3 aromatic rings. The average molecular weight is 588 g/mol. The molecule has 1 aliphatic rings. The Morgan fingerprint density at radius 1 is 1.12 bits per heavy atom. The van der Waals surface area contributed by atoms with Gasteiger partial charge in [-0.3, -0.25) is 4.79 Å². The predicted molar refractivity (Wildman–Crippen MR) is 165 cm³/mol. The topological polar surface area (TPSA) is 76.5 Å². The van der Waals surface area contributed by atoms with Crippen molar-refractivity contribution in [2.75, 3.05) is 29.9 Å². The number of benzene rings is 2. The van der Waals surface area contributed by atoms with E-state index in [-0.39, 0.29) is 11.8 Å². The number of ketones is 1. The van der Waals surface area contributed by atoms with Gasteiger partial charge in [-0.2, -0.15) is 0 Å². The lowest BCUT2D eigenvalue weighted by molar-refractivity contribution is -0.126. The Morgan fingerprint density at radius 3 is 2.45 bits per heavy atom. The molecule has 7 nitrogen and oxygen atoms in total. The van der Waals surface area contributed by atoms with Gasteiger partial charge >= 0.3 is 5.97 Å². The molecular formula is C31H40Cl2N4O3. The van der Waals surface area contributed by atoms with Gasteiger partial charge in [0.1, 0.15) is 5.78 Å². The number of carbonyl (C=O) groups excluding carboxylic acids is 2. The molecule has 0 saturated carbocycles. The molecule has 0 amide bonds. The lowest BCUT2D eigenvalue weighted by Gasteiger charge is -2.33. The molecule has 0 atom stereocenters. The van der Waals surface area contributed by atoms with Crippen LogP contribution in [0.15, 0.2) is 24.3 Å². The molecule has 9 heteroatoms. The standard InChI is InChI=1S/C31H40Cl2N4O3/c1-7-37-25-18-24(36-15-13-19(3)14-16-36)21(29(39)40-8-2)17-23(25)34-30(37)35-28-22(32)11-9-20(27(28)33)10-12-26(38)31(4,5)6/h9,11,17-19H,7-8,10,12-16H2,1-6H3,(H,34,35). The van der Waals surface area contributed by atoms with Crippen molar-refractivity contribution in [1.82, 2.24) is 9.55 Å². The number of imidazole rings is 1. The van der Waals surface area contributed by atoms with Gasteiger partial charge in [0.2, 0.25) is 5.95 Å². The van der Waals surface area contributed by atoms with E-state index in [4.69, 9.17) is 32.9 Å². The van der Waals surface area contributed by atoms with Crippen LogP contribution >= 0.6 is 23.2 Å². The molecule has 216 valence electrons. The third-order valence-corrected chi connectivity index (χ3v) is 8.41. The third kappa shape index (κ3) is 6.41. The molecule has 4 rings (SSSR count). The van der Waals surface area contributed by atoms with E-state index in [2.05, 4.69) is 27.8 Å². The summed E-state index contributed by atoms with van der Waals surface area (Å²) in [4.78, 5) is 32.7. The van der Waals surface area contributed by atoms with Crippen molar-refractivity contribution in [1.29, 1.82) is 0 Å². The summed E-state index contributed by atoms with van der Waals surface area (Å²) < 4.78 is 7.48. The Balaban J connectivity index is 1.73. The van der Waals surface area contributed by atoms with Crippen molar-refractivity contribution < 1.29 is 14.3 Å². The number of halogens is 2. The number of aryl methyl sites for hydroxylation is 2. The molecule has 0 unspecified atom stereocenters. The number of esters is 1. The summed E-state index contributed by atoms with van der Waals surface area (Å²) in [5.41, 5.74) is 3.98. The SMILES string of the molecule is CCOC(=O)c1cc2nc(Nc3c(Cl)ccc(CCC(=O)C(C)(C)C)c3Cl)n(CC)c2cc1N1CCC(C)CC1. The molecule has 1 N–H and O–H groups in total. The van der Waals surface area contributed by atoms with Crippen molar-refractivity contribution in [3.63, 3.8) is 0 Å². The fourth-order valence-corrected chi connectivity index (χ4v) is 5.66. The minimum absolute atomic E-state index is 0.178. The lowest BCUT2D eigenvalue weighted by atomic mass is 9.87. The van der Waals surface area contributed by atoms with E-state index in [9.17, 15) is 9.59 Å². The van der Waals surface area contributed by atoms with Gasteiger partial charge in [-0.25, -0.2) is 9.78 Å². The smallest absolute Gasteiger partial charge is 0.340 e. The Hall–Kier alpha value is -2.77. The minimum Gasteiger partial charge on any atom is -0.462 e. The molecule has 0 bridgehead atoms. The fraction of sp³-hybridized carbons (Fsp3) is 0.516. The summed E-state index contributed by atoms with van der Waals surface area (Å²) in [5.74, 6) is 1.07. The van der Waals surface area contributed by atoms with E-state index in [0.29, 0.717) is 64.7 Å². The maximum Gasteiger partial charge on any atom is 0.340 e. The molecule has 2 heterocycles. The molecule has 1 aliphatic heterocycles. The van der Waals surface area contributed by atoms with E-state index >= 15 is 0 Å². The van der Waals surface area contributed by atoms with Crippen LogP contribution in [-0.2, 0) is 22.5 Å². The summed E-state index contributed by atoms with van der Waals surface area (Å²) in [6.45, 7) is 14.6. The largest absolute Gasteiger partial charge is 0.462 e. The number of anilines is 3. The highest BCUT2D eigenvalue weighted by atomic mass is 35.5. The van der Waals surface area contributed by atoms with Crippen molar-refractivity contribution >= 4 is 63.3 Å². The van der Waals surface area contributed by atoms with Crippen molar-refractivity contribution in [3.05, 3.63) is 45.4 Å². The first-order chi connectivity index (χ1) is 18.9. The van der Waals surface area contributed by atoms with E-state index in [1.54, 1.807) is 6.07 Å². The first kappa shape index (κ1) is 30.2. The highest BCUT2D eigenvalue weighted by molar-refractivity contribution is 6.39. The van der Waals surface area contributed by atoms with E-state index in [0.717, 1.165) is 42.7 Å². The Morgan fingerprint density at radius 2 is 1.82 bits per heavy atom. The molecular weight excluding hydrogens is 547 g/mol. The van der Waals surface area contributed by atoms with Crippen molar-refractivity contribution in [3.8, 4) is 0 Å². The molecule has 1 fully saturated rings. The fourth-order valence-electron chi connectivity index (χ4n) is 5.10. The third-order valence-electron chi connectivity index (χ3n) is 7.67. The van der Waals surface area contributed by atoms with Crippen LogP contribution in [0, 0.1) is 11.3 Å². The van der Waals surface area contributed by atoms with Gasteiger partial charge < -0.3 is 19.5 Å². The van der Waals surface area contributed by atoms with Crippen LogP contribution in [0.1, 0.15) is 76.7 Å². The summed E-state index contributed by atoms with van der Waals surface area (Å²) in [6, 6.07) is 7.54. The lowest BCUT2D eigenvalue weighted by Crippen LogP contribution is -2.34. The maximum atomic E-state index is 13.0. The van der Waals surface area contributed by atoms with E-state index in [1.165, 1.54) is 0 Å². The van der Waals surface area contributed by atoms with Gasteiger partial charge in [-0.05, 0) is 62.8 Å². The van der Waals surface area contributed by atoms with Gasteiger partial charge in [-0.1, -0.05) is 57.0 Å². The number of aromatic nitrogens is 2. The van der Waals surface area contributed by atoms with Crippen LogP contribution in [0.25, 0.3) is 11.0 Å². The second-order valence-electron chi connectivity index (χ2n) is 11.6. The molecule has 2 aromatic carbocycles. The van der Waals surface area contributed by atoms with Gasteiger partial charge in [0, 0.05) is 31.5 Å². The second kappa shape index (κ2) is 12.4. The highest BCUT2D eigenvalue weighted by Crippen LogP contribution is 2.38. The number of fused-ring (bicyclic) bond motifs is 1. The number of piperidine rings is 1. The summed E-state index contributed by atoms with van der Waals surface area (Å²) in [6.07, 6.45) is 3.07. The van der Waals surface area contributed by atoms with Crippen LogP contribution in [0.3, 0.4) is 0 Å². The molecule has 1 saturated heterocycles. The van der Waals surface area contributed by atoms with Crippen molar-refractivity contribution in [2.24, 2.45) is 11.3 Å². The number of hydrogen-bond acceptors (Lipinski definition) is 6. The van der Waals surface area contributed by atoms with Gasteiger partial charge in [0.15, 0.2) is 0 Å². The van der Waals surface area contributed by atoms with Gasteiger partial charge in [-0.15, -0.1) is 0 Å². The zero-order chi connectivity index (χ0) is 29.2. The zero-order valence-corrected chi connectivity index (χ0v) is 25.9. The summed E-state index contributed by atoms with van der Waals surface area (Å²) >= 11 is 13.4. The van der Waals surface area contributed by atoms with E-state index in [1.807, 2.05) is 46.8 Å². The van der Waals surface area contributed by atoms with E-state index < -0.39 is 5.41 Å². The number of hydrogen-bond donors (Lipinski definition) is 1. The first-order valence-corrected chi connectivity index (χ1v) is 14.9. The van der Waals surface area contributed by atoms with Crippen LogP contribution in [0.5, 0.6) is 0 Å². The summed E-state index contributed by atoms with van der Waals surface area (Å²) in [7, 11) is 0. The van der Waals surface area contributed by atoms with Crippen LogP contribution in [0.4, 0.5) is 17.3 Å². The molecule has 0 spiro atoms. The number of carbonyl (C=O) groups is 2. The maximum absolute atomic E-state index is 13.0. The van der Waals surface area contributed by atoms with Crippen molar-refractivity contribution in [2.45, 2.75) is 73.8 Å². The quantitative estimate of drug-likeness (QED) is 0.255. The predicted octanol–water partition coefficient (Wildman–Crippen LogP) is 8.07. The Bertz CT molecular complexity index is 1400. The minimum atomic E-state index is -0.403. The normalized spacial score (nSPS) is 14.6. The molecule has 1 aromatic heterocycles.